The number of methoxy groups -OCH3 is 2. The van der Waals surface area contributed by atoms with E-state index in [-0.39, 0.29) is 11.7 Å². The van der Waals surface area contributed by atoms with Gasteiger partial charge in [-0.1, -0.05) is 12.1 Å². The SMILES string of the molecule is COc1cccc(C=CC(=O)Nc2ccn(Cc3ccc(C(C)=O)o3)n2)c1OC. The highest BCUT2D eigenvalue weighted by molar-refractivity contribution is 6.01. The van der Waals surface area contributed by atoms with Crippen LogP contribution in [-0.2, 0) is 11.3 Å². The van der Waals surface area contributed by atoms with Crippen LogP contribution in [0.5, 0.6) is 11.5 Å². The van der Waals surface area contributed by atoms with E-state index in [2.05, 4.69) is 10.4 Å². The number of ether oxygens (including phenoxy) is 2. The van der Waals surface area contributed by atoms with Crippen LogP contribution in [0.4, 0.5) is 5.82 Å². The molecule has 0 aliphatic rings. The van der Waals surface area contributed by atoms with Crippen LogP contribution >= 0.6 is 0 Å². The van der Waals surface area contributed by atoms with E-state index >= 15 is 0 Å². The Balaban J connectivity index is 1.63. The lowest BCUT2D eigenvalue weighted by Gasteiger charge is -2.09. The number of benzene rings is 1. The van der Waals surface area contributed by atoms with Crippen LogP contribution in [0.25, 0.3) is 6.08 Å². The maximum atomic E-state index is 12.2. The predicted octanol–water partition coefficient (Wildman–Crippen LogP) is 3.40. The summed E-state index contributed by atoms with van der Waals surface area (Å²) in [6.45, 7) is 1.79. The summed E-state index contributed by atoms with van der Waals surface area (Å²) < 4.78 is 17.6. The van der Waals surface area contributed by atoms with E-state index in [1.807, 2.05) is 12.1 Å². The summed E-state index contributed by atoms with van der Waals surface area (Å²) in [4.78, 5) is 23.5. The van der Waals surface area contributed by atoms with Gasteiger partial charge in [0.05, 0.1) is 20.8 Å². The lowest BCUT2D eigenvalue weighted by molar-refractivity contribution is -0.111. The van der Waals surface area contributed by atoms with Crippen molar-refractivity contribution in [2.75, 3.05) is 19.5 Å². The van der Waals surface area contributed by atoms with Gasteiger partial charge in [-0.3, -0.25) is 14.3 Å². The average Bonchev–Trinajstić information content (AvgIpc) is 3.35. The second kappa shape index (κ2) is 8.92. The van der Waals surface area contributed by atoms with Crippen LogP contribution in [-0.4, -0.2) is 35.7 Å². The Bertz CT molecular complexity index is 1050. The van der Waals surface area contributed by atoms with Gasteiger partial charge >= 0.3 is 0 Å². The standard InChI is InChI=1S/C21H21N3O5/c1-14(25)17-9-8-16(29-17)13-24-12-11-19(23-24)22-20(26)10-7-15-5-4-6-18(27-2)21(15)28-3/h4-12H,13H2,1-3H3,(H,22,23,26). The number of furan rings is 1. The number of ketones is 1. The van der Waals surface area contributed by atoms with Gasteiger partial charge in [-0.05, 0) is 24.3 Å². The van der Waals surface area contributed by atoms with Crippen LogP contribution in [0.3, 0.4) is 0 Å². The molecule has 8 nitrogen and oxygen atoms in total. The molecule has 1 aromatic carbocycles. The topological polar surface area (TPSA) is 95.6 Å². The molecule has 0 radical (unpaired) electrons. The number of carbonyl (C=O) groups excluding carboxylic acids is 2. The van der Waals surface area contributed by atoms with Gasteiger partial charge in [0.15, 0.2) is 28.9 Å². The van der Waals surface area contributed by atoms with E-state index in [0.717, 1.165) is 0 Å². The van der Waals surface area contributed by atoms with Crippen molar-refractivity contribution in [2.24, 2.45) is 0 Å². The lowest BCUT2D eigenvalue weighted by Crippen LogP contribution is -2.09. The van der Waals surface area contributed by atoms with Crippen LogP contribution in [0.1, 0.15) is 28.8 Å². The third-order valence-electron chi connectivity index (χ3n) is 4.07. The first-order valence-corrected chi connectivity index (χ1v) is 8.83. The van der Waals surface area contributed by atoms with Gasteiger partial charge in [0.1, 0.15) is 5.76 Å². The maximum absolute atomic E-state index is 12.2. The average molecular weight is 395 g/mol. The molecule has 0 spiro atoms. The van der Waals surface area contributed by atoms with Crippen LogP contribution < -0.4 is 14.8 Å². The number of nitrogens with zero attached hydrogens (tertiary/aromatic N) is 2. The van der Waals surface area contributed by atoms with Gasteiger partial charge in [0, 0.05) is 30.8 Å². The molecule has 3 aromatic rings. The van der Waals surface area contributed by atoms with Gasteiger partial charge in [0.2, 0.25) is 5.91 Å². The summed E-state index contributed by atoms with van der Waals surface area (Å²) in [5.41, 5.74) is 0.714. The predicted molar refractivity (Wildman–Crippen MR) is 107 cm³/mol. The Morgan fingerprint density at radius 1 is 1.17 bits per heavy atom. The van der Waals surface area contributed by atoms with Crippen molar-refractivity contribution in [3.63, 3.8) is 0 Å². The van der Waals surface area contributed by atoms with Crippen molar-refractivity contribution in [2.45, 2.75) is 13.5 Å². The zero-order valence-electron chi connectivity index (χ0n) is 16.3. The van der Waals surface area contributed by atoms with Gasteiger partial charge < -0.3 is 19.2 Å². The highest BCUT2D eigenvalue weighted by Crippen LogP contribution is 2.31. The summed E-state index contributed by atoms with van der Waals surface area (Å²) >= 11 is 0. The molecule has 0 aliphatic carbocycles. The molecule has 150 valence electrons. The van der Waals surface area contributed by atoms with E-state index in [1.165, 1.54) is 13.0 Å². The third kappa shape index (κ3) is 4.92. The van der Waals surface area contributed by atoms with Crippen molar-refractivity contribution < 1.29 is 23.5 Å². The molecule has 2 heterocycles. The van der Waals surface area contributed by atoms with Crippen molar-refractivity contribution in [3.8, 4) is 11.5 Å². The van der Waals surface area contributed by atoms with Crippen LogP contribution in [0, 0.1) is 0 Å². The fraction of sp³-hybridized carbons (Fsp3) is 0.190. The van der Waals surface area contributed by atoms with Crippen molar-refractivity contribution in [1.29, 1.82) is 0 Å². The van der Waals surface area contributed by atoms with E-state index < -0.39 is 0 Å². The molecule has 2 aromatic heterocycles. The molecule has 1 amide bonds. The smallest absolute Gasteiger partial charge is 0.249 e. The molecule has 0 saturated heterocycles. The highest BCUT2D eigenvalue weighted by Gasteiger charge is 2.09. The Morgan fingerprint density at radius 2 is 2.00 bits per heavy atom. The van der Waals surface area contributed by atoms with E-state index in [4.69, 9.17) is 13.9 Å². The molecule has 0 unspecified atom stereocenters. The van der Waals surface area contributed by atoms with Crippen LogP contribution in [0.15, 0.2) is 53.1 Å². The fourth-order valence-corrected chi connectivity index (χ4v) is 2.70. The normalized spacial score (nSPS) is 10.9. The second-order valence-corrected chi connectivity index (χ2v) is 6.13. The number of para-hydroxylation sites is 1. The second-order valence-electron chi connectivity index (χ2n) is 6.13. The molecule has 29 heavy (non-hydrogen) atoms. The largest absolute Gasteiger partial charge is 0.493 e. The van der Waals surface area contributed by atoms with E-state index in [0.29, 0.717) is 40.9 Å². The quantitative estimate of drug-likeness (QED) is 0.464. The lowest BCUT2D eigenvalue weighted by atomic mass is 10.1. The Hall–Kier alpha value is -3.81. The summed E-state index contributed by atoms with van der Waals surface area (Å²) in [5.74, 6) is 1.96. The number of anilines is 1. The molecule has 0 aliphatic heterocycles. The number of rotatable bonds is 8. The Kier molecular flexibility index (Phi) is 6.13. The van der Waals surface area contributed by atoms with Gasteiger partial charge in [-0.2, -0.15) is 5.10 Å². The van der Waals surface area contributed by atoms with Crippen LogP contribution in [0.2, 0.25) is 0 Å². The minimum Gasteiger partial charge on any atom is -0.493 e. The first kappa shape index (κ1) is 19.9. The van der Waals surface area contributed by atoms with Crippen molar-refractivity contribution in [1.82, 2.24) is 9.78 Å². The fourth-order valence-electron chi connectivity index (χ4n) is 2.70. The van der Waals surface area contributed by atoms with Gasteiger partial charge in [-0.15, -0.1) is 0 Å². The molecular formula is C21H21N3O5. The molecule has 0 atom stereocenters. The van der Waals surface area contributed by atoms with Gasteiger partial charge in [0.25, 0.3) is 0 Å². The number of hydrogen-bond acceptors (Lipinski definition) is 6. The number of carbonyl (C=O) groups is 2. The summed E-state index contributed by atoms with van der Waals surface area (Å²) in [7, 11) is 3.10. The molecule has 3 rings (SSSR count). The first-order chi connectivity index (χ1) is 14.0. The third-order valence-corrected chi connectivity index (χ3v) is 4.07. The number of nitrogens with one attached hydrogen (secondary N) is 1. The molecule has 0 bridgehead atoms. The Labute approximate surface area is 167 Å². The molecule has 0 fully saturated rings. The van der Waals surface area contributed by atoms with Gasteiger partial charge in [-0.25, -0.2) is 0 Å². The molecular weight excluding hydrogens is 374 g/mol. The molecule has 1 N–H and O–H groups in total. The minimum atomic E-state index is -0.336. The summed E-state index contributed by atoms with van der Waals surface area (Å²) in [5, 5.41) is 6.97. The van der Waals surface area contributed by atoms with E-state index in [9.17, 15) is 9.59 Å². The minimum absolute atomic E-state index is 0.135. The van der Waals surface area contributed by atoms with Crippen molar-refractivity contribution in [3.05, 3.63) is 65.8 Å². The number of aromatic nitrogens is 2. The monoisotopic (exact) mass is 395 g/mol. The number of hydrogen-bond donors (Lipinski definition) is 1. The first-order valence-electron chi connectivity index (χ1n) is 8.83. The zero-order chi connectivity index (χ0) is 20.8. The zero-order valence-corrected chi connectivity index (χ0v) is 16.3. The van der Waals surface area contributed by atoms with Crippen molar-refractivity contribution >= 4 is 23.6 Å². The molecule has 8 heteroatoms. The van der Waals surface area contributed by atoms with E-state index in [1.54, 1.807) is 55.4 Å². The maximum Gasteiger partial charge on any atom is 0.249 e. The number of Topliss-reactive ketones (excluding diaryl/α,β-unsaturated/α-hetero) is 1. The number of amides is 1. The highest BCUT2D eigenvalue weighted by atomic mass is 16.5. The Morgan fingerprint density at radius 3 is 2.69 bits per heavy atom. The summed E-state index contributed by atoms with van der Waals surface area (Å²) in [6.07, 6.45) is 4.74. The summed E-state index contributed by atoms with van der Waals surface area (Å²) in [6, 6.07) is 10.4. The molecule has 0 saturated carbocycles.